The Kier molecular flexibility index (Phi) is 4.41. The Hall–Kier alpha value is -2.64. The predicted octanol–water partition coefficient (Wildman–Crippen LogP) is 5.39. The van der Waals surface area contributed by atoms with E-state index in [4.69, 9.17) is 14.5 Å². The third-order valence-electron chi connectivity index (χ3n) is 4.66. The van der Waals surface area contributed by atoms with Gasteiger partial charge in [-0.1, -0.05) is 36.0 Å². The molecular formula is C21H17N3O2S2. The lowest BCUT2D eigenvalue weighted by Gasteiger charge is -2.07. The molecule has 2 aromatic heterocycles. The van der Waals surface area contributed by atoms with E-state index in [1.165, 1.54) is 11.1 Å². The van der Waals surface area contributed by atoms with Gasteiger partial charge in [-0.3, -0.25) is 0 Å². The monoisotopic (exact) mass is 407 g/mol. The summed E-state index contributed by atoms with van der Waals surface area (Å²) in [7, 11) is 0. The summed E-state index contributed by atoms with van der Waals surface area (Å²) < 4.78 is 12.0. The fourth-order valence-corrected chi connectivity index (χ4v) is 5.16. The number of aryl methyl sites for hydroxylation is 2. The quantitative estimate of drug-likeness (QED) is 0.423. The van der Waals surface area contributed by atoms with Gasteiger partial charge in [-0.25, -0.2) is 4.98 Å². The lowest BCUT2D eigenvalue weighted by atomic mass is 10.1. The fourth-order valence-electron chi connectivity index (χ4n) is 3.17. The normalized spacial score (nSPS) is 12.6. The minimum Gasteiger partial charge on any atom is -0.454 e. The molecule has 0 aliphatic carbocycles. The van der Waals surface area contributed by atoms with Gasteiger partial charge < -0.3 is 9.47 Å². The minimum atomic E-state index is 0.258. The number of fused-ring (bicyclic) bond motifs is 2. The number of aromatic nitrogens is 3. The van der Waals surface area contributed by atoms with Crippen molar-refractivity contribution < 1.29 is 9.47 Å². The molecule has 1 aliphatic rings. The summed E-state index contributed by atoms with van der Waals surface area (Å²) in [6.07, 6.45) is 0. The van der Waals surface area contributed by atoms with E-state index in [-0.39, 0.29) is 6.79 Å². The molecule has 0 saturated heterocycles. The zero-order valence-electron chi connectivity index (χ0n) is 15.4. The third-order valence-corrected chi connectivity index (χ3v) is 6.65. The van der Waals surface area contributed by atoms with Crippen molar-refractivity contribution in [2.75, 3.05) is 6.79 Å². The molecule has 3 heterocycles. The lowest BCUT2D eigenvalue weighted by Crippen LogP contribution is -1.94. The average Bonchev–Trinajstić information content (AvgIpc) is 3.32. The molecule has 0 radical (unpaired) electrons. The summed E-state index contributed by atoms with van der Waals surface area (Å²) in [5, 5.41) is 10.9. The number of nitrogens with zero attached hydrogens (tertiary/aromatic N) is 3. The minimum absolute atomic E-state index is 0.258. The second kappa shape index (κ2) is 7.07. The van der Waals surface area contributed by atoms with Crippen molar-refractivity contribution in [2.45, 2.75) is 24.6 Å². The Morgan fingerprint density at radius 1 is 1.04 bits per heavy atom. The lowest BCUT2D eigenvalue weighted by molar-refractivity contribution is 0.174. The number of benzene rings is 2. The van der Waals surface area contributed by atoms with Gasteiger partial charge in [-0.2, -0.15) is 0 Å². The number of ether oxygens (including phenoxy) is 2. The van der Waals surface area contributed by atoms with Gasteiger partial charge in [0.1, 0.15) is 16.2 Å². The van der Waals surface area contributed by atoms with Crippen molar-refractivity contribution in [1.82, 2.24) is 15.2 Å². The molecule has 5 nitrogen and oxygen atoms in total. The summed E-state index contributed by atoms with van der Waals surface area (Å²) >= 11 is 3.33. The van der Waals surface area contributed by atoms with Crippen molar-refractivity contribution in [2.24, 2.45) is 0 Å². The van der Waals surface area contributed by atoms with Crippen LogP contribution in [0.2, 0.25) is 0 Å². The van der Waals surface area contributed by atoms with Crippen LogP contribution < -0.4 is 9.47 Å². The summed E-state index contributed by atoms with van der Waals surface area (Å²) in [6.45, 7) is 4.41. The fraction of sp³-hybridized carbons (Fsp3) is 0.190. The van der Waals surface area contributed by atoms with Crippen LogP contribution in [-0.4, -0.2) is 22.0 Å². The van der Waals surface area contributed by atoms with Gasteiger partial charge >= 0.3 is 0 Å². The van der Waals surface area contributed by atoms with Crippen molar-refractivity contribution in [3.63, 3.8) is 0 Å². The number of hydrogen-bond acceptors (Lipinski definition) is 7. The van der Waals surface area contributed by atoms with Crippen molar-refractivity contribution in [1.29, 1.82) is 0 Å². The first-order valence-corrected chi connectivity index (χ1v) is 10.7. The van der Waals surface area contributed by atoms with Gasteiger partial charge in [0.05, 0.1) is 9.71 Å². The molecule has 0 amide bonds. The highest BCUT2D eigenvalue weighted by atomic mass is 32.2. The Morgan fingerprint density at radius 3 is 2.79 bits per heavy atom. The zero-order valence-corrected chi connectivity index (χ0v) is 17.1. The van der Waals surface area contributed by atoms with Crippen LogP contribution in [-0.2, 0) is 5.75 Å². The molecule has 1 aliphatic heterocycles. The Morgan fingerprint density at radius 2 is 1.89 bits per heavy atom. The Bertz CT molecular complexity index is 1190. The van der Waals surface area contributed by atoms with Crippen LogP contribution in [0.5, 0.6) is 11.5 Å². The van der Waals surface area contributed by atoms with Gasteiger partial charge in [-0.15, -0.1) is 21.5 Å². The first-order valence-electron chi connectivity index (χ1n) is 8.90. The first kappa shape index (κ1) is 17.5. The maximum atomic E-state index is 5.51. The molecule has 5 rings (SSSR count). The van der Waals surface area contributed by atoms with E-state index in [9.17, 15) is 0 Å². The van der Waals surface area contributed by atoms with Crippen LogP contribution in [0.1, 0.15) is 16.1 Å². The number of rotatable bonds is 4. The highest BCUT2D eigenvalue weighted by Crippen LogP contribution is 2.40. The molecule has 0 unspecified atom stereocenters. The molecule has 140 valence electrons. The van der Waals surface area contributed by atoms with Crippen molar-refractivity contribution >= 4 is 33.3 Å². The molecule has 0 spiro atoms. The standard InChI is InChI=1S/C21H17N3O2S2/c1-12-5-3-4-6-15(12)10-27-21-19-20(28-13(2)22-19)18(23-24-21)14-7-8-16-17(9-14)26-11-25-16/h3-9H,10-11H2,1-2H3. The van der Waals surface area contributed by atoms with Crippen molar-refractivity contribution in [3.05, 3.63) is 58.6 Å². The Labute approximate surface area is 170 Å². The largest absolute Gasteiger partial charge is 0.454 e. The number of thioether (sulfide) groups is 1. The smallest absolute Gasteiger partial charge is 0.231 e. The molecule has 0 N–H and O–H groups in total. The predicted molar refractivity (Wildman–Crippen MR) is 112 cm³/mol. The second-order valence-electron chi connectivity index (χ2n) is 6.55. The van der Waals surface area contributed by atoms with Crippen molar-refractivity contribution in [3.8, 4) is 22.8 Å². The van der Waals surface area contributed by atoms with Gasteiger partial charge in [0.25, 0.3) is 0 Å². The highest BCUT2D eigenvalue weighted by molar-refractivity contribution is 7.98. The molecule has 0 fully saturated rings. The van der Waals surface area contributed by atoms with Crippen LogP contribution in [0, 0.1) is 13.8 Å². The molecule has 28 heavy (non-hydrogen) atoms. The average molecular weight is 408 g/mol. The second-order valence-corrected chi connectivity index (χ2v) is 8.71. The van der Waals surface area contributed by atoms with E-state index in [1.807, 2.05) is 25.1 Å². The SMILES string of the molecule is Cc1nc2c(SCc3ccccc3C)nnc(-c3ccc4c(c3)OCO4)c2s1. The first-order chi connectivity index (χ1) is 13.7. The molecule has 7 heteroatoms. The van der Waals surface area contributed by atoms with Crippen LogP contribution in [0.25, 0.3) is 21.5 Å². The van der Waals surface area contributed by atoms with Gasteiger partial charge in [0.2, 0.25) is 6.79 Å². The van der Waals surface area contributed by atoms with Gasteiger partial charge in [0.15, 0.2) is 11.5 Å². The van der Waals surface area contributed by atoms with Gasteiger partial charge in [-0.05, 0) is 43.2 Å². The van der Waals surface area contributed by atoms with E-state index in [1.54, 1.807) is 23.1 Å². The topological polar surface area (TPSA) is 57.1 Å². The van der Waals surface area contributed by atoms with Crippen LogP contribution in [0.3, 0.4) is 0 Å². The number of hydrogen-bond donors (Lipinski definition) is 0. The molecule has 2 aromatic carbocycles. The molecular weight excluding hydrogens is 390 g/mol. The zero-order chi connectivity index (χ0) is 19.1. The highest BCUT2D eigenvalue weighted by Gasteiger charge is 2.19. The maximum Gasteiger partial charge on any atom is 0.231 e. The van der Waals surface area contributed by atoms with E-state index in [0.29, 0.717) is 0 Å². The summed E-state index contributed by atoms with van der Waals surface area (Å²) in [5.74, 6) is 2.35. The summed E-state index contributed by atoms with van der Waals surface area (Å²) in [6, 6.07) is 14.3. The third kappa shape index (κ3) is 3.10. The van der Waals surface area contributed by atoms with Crippen LogP contribution in [0.15, 0.2) is 47.5 Å². The summed E-state index contributed by atoms with van der Waals surface area (Å²) in [4.78, 5) is 4.75. The van der Waals surface area contributed by atoms with E-state index < -0.39 is 0 Å². The molecule has 4 aromatic rings. The van der Waals surface area contributed by atoms with E-state index in [2.05, 4.69) is 41.4 Å². The van der Waals surface area contributed by atoms with E-state index in [0.717, 1.165) is 48.8 Å². The van der Waals surface area contributed by atoms with E-state index >= 15 is 0 Å². The van der Waals surface area contributed by atoms with Gasteiger partial charge in [0, 0.05) is 11.3 Å². The Balaban J connectivity index is 1.53. The maximum absolute atomic E-state index is 5.51. The summed E-state index contributed by atoms with van der Waals surface area (Å²) in [5.41, 5.74) is 5.30. The van der Waals surface area contributed by atoms with Crippen LogP contribution >= 0.6 is 23.1 Å². The molecule has 0 atom stereocenters. The number of thiazole rings is 1. The van der Waals surface area contributed by atoms with Crippen LogP contribution in [0.4, 0.5) is 0 Å². The molecule has 0 bridgehead atoms. The molecule has 0 saturated carbocycles.